The third-order valence-electron chi connectivity index (χ3n) is 5.28. The number of nitrogens with one attached hydrogen (secondary N) is 4. The van der Waals surface area contributed by atoms with Gasteiger partial charge in [0, 0.05) is 36.5 Å². The summed E-state index contributed by atoms with van der Waals surface area (Å²) < 4.78 is 0. The Morgan fingerprint density at radius 2 is 1.33 bits per heavy atom. The molecule has 0 unspecified atom stereocenters. The van der Waals surface area contributed by atoms with E-state index in [4.69, 9.17) is 0 Å². The average molecular weight is 529 g/mol. The molecule has 0 spiro atoms. The molecular formula is C27H32N10O2. The van der Waals surface area contributed by atoms with Crippen LogP contribution in [0.3, 0.4) is 0 Å². The lowest BCUT2D eigenvalue weighted by Crippen LogP contribution is -1.97. The number of hydrogen-bond donors (Lipinski definition) is 4. The van der Waals surface area contributed by atoms with Crippen LogP contribution in [0, 0.1) is 0 Å². The second kappa shape index (κ2) is 13.5. The Bertz CT molecular complexity index is 1630. The normalized spacial score (nSPS) is 10.1. The van der Waals surface area contributed by atoms with Crippen molar-refractivity contribution in [2.24, 2.45) is 0 Å². The molecule has 12 heteroatoms. The number of carbonyl (C=O) groups is 2. The Morgan fingerprint density at radius 3 is 1.87 bits per heavy atom. The molecule has 0 fully saturated rings. The number of ketones is 2. The van der Waals surface area contributed by atoms with Crippen molar-refractivity contribution in [1.82, 2.24) is 50.8 Å². The summed E-state index contributed by atoms with van der Waals surface area (Å²) in [6.45, 7) is 11.1. The molecule has 0 aliphatic rings. The van der Waals surface area contributed by atoms with Crippen LogP contribution < -0.4 is 0 Å². The van der Waals surface area contributed by atoms with Gasteiger partial charge in [-0.2, -0.15) is 20.4 Å². The molecule has 6 aromatic heterocycles. The monoisotopic (exact) mass is 528 g/mol. The van der Waals surface area contributed by atoms with E-state index in [2.05, 4.69) is 50.8 Å². The van der Waals surface area contributed by atoms with Crippen LogP contribution in [0.4, 0.5) is 0 Å². The lowest BCUT2D eigenvalue weighted by molar-refractivity contribution is -0.116. The van der Waals surface area contributed by atoms with Crippen LogP contribution in [-0.4, -0.2) is 62.3 Å². The lowest BCUT2D eigenvalue weighted by atomic mass is 10.1. The summed E-state index contributed by atoms with van der Waals surface area (Å²) >= 11 is 0. The minimum atomic E-state index is -0.0713. The zero-order valence-electron chi connectivity index (χ0n) is 22.8. The number of nitrogens with zero attached hydrogens (tertiary/aromatic N) is 6. The second-order valence-corrected chi connectivity index (χ2v) is 7.85. The van der Waals surface area contributed by atoms with Crippen LogP contribution in [0.1, 0.15) is 57.7 Å². The van der Waals surface area contributed by atoms with Crippen molar-refractivity contribution >= 4 is 33.4 Å². The molecular weight excluding hydrogens is 496 g/mol. The summed E-state index contributed by atoms with van der Waals surface area (Å²) in [5.41, 5.74) is 5.93. The minimum absolute atomic E-state index is 0.0713. The van der Waals surface area contributed by atoms with E-state index in [0.717, 1.165) is 50.3 Å². The predicted octanol–water partition coefficient (Wildman–Crippen LogP) is 5.08. The molecule has 0 aromatic carbocycles. The Balaban J connectivity index is 0.000000192. The van der Waals surface area contributed by atoms with Crippen molar-refractivity contribution in [2.75, 3.05) is 0 Å². The van der Waals surface area contributed by atoms with E-state index in [1.807, 2.05) is 52.0 Å². The molecule has 0 aliphatic heterocycles. The molecule has 0 aliphatic carbocycles. The molecule has 39 heavy (non-hydrogen) atoms. The van der Waals surface area contributed by atoms with Crippen LogP contribution in [0.25, 0.3) is 44.6 Å². The van der Waals surface area contributed by atoms with Gasteiger partial charge in [-0.25, -0.2) is 0 Å². The van der Waals surface area contributed by atoms with E-state index in [1.165, 1.54) is 6.92 Å². The van der Waals surface area contributed by atoms with Gasteiger partial charge in [0.15, 0.2) is 5.78 Å². The quantitative estimate of drug-likeness (QED) is 0.224. The highest BCUT2D eigenvalue weighted by Crippen LogP contribution is 2.22. The van der Waals surface area contributed by atoms with Crippen molar-refractivity contribution in [3.8, 4) is 22.8 Å². The number of Topliss-reactive ketones (excluding diaryl/α,β-unsaturated/α-hetero) is 2. The minimum Gasteiger partial charge on any atom is -0.300 e. The van der Waals surface area contributed by atoms with Gasteiger partial charge in [0.25, 0.3) is 0 Å². The number of carbonyl (C=O) groups excluding carboxylic acids is 2. The Morgan fingerprint density at radius 1 is 0.744 bits per heavy atom. The van der Waals surface area contributed by atoms with Crippen molar-refractivity contribution < 1.29 is 9.59 Å². The van der Waals surface area contributed by atoms with E-state index >= 15 is 0 Å². The summed E-state index contributed by atoms with van der Waals surface area (Å²) in [6.07, 6.45) is 7.02. The van der Waals surface area contributed by atoms with Crippen LogP contribution in [-0.2, 0) is 11.2 Å². The SMILES string of the molecule is CC.CC.CC(=O)Cc1[nH]nc2cnc(-c3ccn[nH]3)cc12.CC(=O)c1n[nH]c2cnc(-c3ccn[nH]3)cc12. The van der Waals surface area contributed by atoms with E-state index in [1.54, 1.807) is 31.7 Å². The highest BCUT2D eigenvalue weighted by Gasteiger charge is 2.12. The first-order valence-corrected chi connectivity index (χ1v) is 12.7. The first kappa shape index (κ1) is 28.6. The summed E-state index contributed by atoms with van der Waals surface area (Å²) in [5, 5.41) is 28.9. The Kier molecular flexibility index (Phi) is 9.90. The van der Waals surface area contributed by atoms with Crippen molar-refractivity contribution in [3.63, 3.8) is 0 Å². The molecule has 0 bridgehead atoms. The molecule has 0 atom stereocenters. The first-order valence-electron chi connectivity index (χ1n) is 12.7. The topological polar surface area (TPSA) is 175 Å². The summed E-state index contributed by atoms with van der Waals surface area (Å²) in [5.74, 6) is 0.0264. The van der Waals surface area contributed by atoms with Crippen molar-refractivity contribution in [2.45, 2.75) is 48.0 Å². The van der Waals surface area contributed by atoms with E-state index in [-0.39, 0.29) is 11.6 Å². The number of aromatic amines is 4. The standard InChI is InChI=1S/C12H11N5O.C11H9N5O.2C2H6/c1-7(18)4-10-8-5-11(9-2-3-14-15-9)13-6-12(8)17-16-10;1-6(17)11-7-4-9(8-2-3-13-14-8)12-5-10(7)15-16-11;2*1-2/h2-3,5-6H,4H2,1H3,(H,14,15)(H,16,17);2-5H,1H3,(H,13,14)(H,15,16);2*1-2H3. The molecule has 6 heterocycles. The molecule has 202 valence electrons. The van der Waals surface area contributed by atoms with Gasteiger partial charge < -0.3 is 0 Å². The van der Waals surface area contributed by atoms with Gasteiger partial charge in [-0.05, 0) is 31.2 Å². The Hall–Kier alpha value is -5.00. The number of aromatic nitrogens is 10. The molecule has 6 rings (SSSR count). The van der Waals surface area contributed by atoms with E-state index < -0.39 is 0 Å². The molecule has 12 nitrogen and oxygen atoms in total. The maximum atomic E-state index is 11.4. The number of rotatable bonds is 5. The third-order valence-corrected chi connectivity index (χ3v) is 5.28. The second-order valence-electron chi connectivity index (χ2n) is 7.85. The number of hydrogen-bond acceptors (Lipinski definition) is 8. The molecule has 0 saturated heterocycles. The van der Waals surface area contributed by atoms with E-state index in [0.29, 0.717) is 12.1 Å². The van der Waals surface area contributed by atoms with Gasteiger partial charge in [0.2, 0.25) is 0 Å². The predicted molar refractivity (Wildman–Crippen MR) is 150 cm³/mol. The fraction of sp³-hybridized carbons (Fsp3) is 0.259. The van der Waals surface area contributed by atoms with Crippen molar-refractivity contribution in [1.29, 1.82) is 0 Å². The number of fused-ring (bicyclic) bond motifs is 2. The summed E-state index contributed by atoms with van der Waals surface area (Å²) in [4.78, 5) is 31.2. The molecule has 4 N–H and O–H groups in total. The number of H-pyrrole nitrogens is 4. The van der Waals surface area contributed by atoms with Crippen LogP contribution in [0.15, 0.2) is 49.1 Å². The maximum absolute atomic E-state index is 11.4. The highest BCUT2D eigenvalue weighted by atomic mass is 16.1. The largest absolute Gasteiger partial charge is 0.300 e. The molecule has 0 radical (unpaired) electrons. The van der Waals surface area contributed by atoms with E-state index in [9.17, 15) is 9.59 Å². The molecule has 6 aromatic rings. The maximum Gasteiger partial charge on any atom is 0.180 e. The Labute approximate surface area is 225 Å². The average Bonchev–Trinajstić information content (AvgIpc) is 3.78. The highest BCUT2D eigenvalue weighted by molar-refractivity contribution is 6.05. The summed E-state index contributed by atoms with van der Waals surface area (Å²) in [7, 11) is 0. The smallest absolute Gasteiger partial charge is 0.180 e. The van der Waals surface area contributed by atoms with Crippen LogP contribution in [0.2, 0.25) is 0 Å². The summed E-state index contributed by atoms with van der Waals surface area (Å²) in [6, 6.07) is 7.40. The van der Waals surface area contributed by atoms with Gasteiger partial charge in [0.1, 0.15) is 17.0 Å². The molecule has 0 saturated carbocycles. The number of pyridine rings is 2. The third kappa shape index (κ3) is 6.66. The zero-order chi connectivity index (χ0) is 28.4. The lowest BCUT2D eigenvalue weighted by Gasteiger charge is -1.98. The fourth-order valence-electron chi connectivity index (χ4n) is 3.63. The fourth-order valence-corrected chi connectivity index (χ4v) is 3.63. The first-order chi connectivity index (χ1) is 19.0. The zero-order valence-corrected chi connectivity index (χ0v) is 22.8. The van der Waals surface area contributed by atoms with Gasteiger partial charge in [-0.1, -0.05) is 27.7 Å². The van der Waals surface area contributed by atoms with Gasteiger partial charge in [0.05, 0.1) is 46.4 Å². The van der Waals surface area contributed by atoms with Gasteiger partial charge in [-0.3, -0.25) is 40.0 Å². The van der Waals surface area contributed by atoms with Crippen LogP contribution >= 0.6 is 0 Å². The molecule has 0 amide bonds. The van der Waals surface area contributed by atoms with Gasteiger partial charge >= 0.3 is 0 Å². The van der Waals surface area contributed by atoms with Crippen molar-refractivity contribution in [3.05, 3.63) is 60.4 Å². The van der Waals surface area contributed by atoms with Gasteiger partial charge in [-0.15, -0.1) is 0 Å². The van der Waals surface area contributed by atoms with Crippen LogP contribution in [0.5, 0.6) is 0 Å².